The minimum absolute atomic E-state index is 0.353. The van der Waals surface area contributed by atoms with Gasteiger partial charge in [-0.15, -0.1) is 0 Å². The van der Waals surface area contributed by atoms with Gasteiger partial charge in [0.1, 0.15) is 18.5 Å². The van der Waals surface area contributed by atoms with E-state index in [1.807, 2.05) is 24.3 Å². The fourth-order valence-electron chi connectivity index (χ4n) is 4.59. The van der Waals surface area contributed by atoms with E-state index >= 15 is 0 Å². The maximum atomic E-state index is 12.4. The smallest absolute Gasteiger partial charge is 0.337 e. The molecule has 40 heavy (non-hydrogen) atoms. The lowest BCUT2D eigenvalue weighted by Crippen LogP contribution is -2.57. The lowest BCUT2D eigenvalue weighted by atomic mass is 9.89. The van der Waals surface area contributed by atoms with E-state index in [1.54, 1.807) is 25.1 Å². The Hall–Kier alpha value is -3.96. The van der Waals surface area contributed by atoms with Crippen LogP contribution in [0.4, 0.5) is 0 Å². The average molecular weight is 559 g/mol. The number of carbonyl (C=O) groups is 4. The summed E-state index contributed by atoms with van der Waals surface area (Å²) in [5.74, 6) is -1.95. The fourth-order valence-corrected chi connectivity index (χ4v) is 4.59. The van der Waals surface area contributed by atoms with Gasteiger partial charge in [-0.25, -0.2) is 9.59 Å². The van der Waals surface area contributed by atoms with Crippen LogP contribution >= 0.6 is 0 Å². The van der Waals surface area contributed by atoms with Gasteiger partial charge in [-0.2, -0.15) is 0 Å². The van der Waals surface area contributed by atoms with Crippen molar-refractivity contribution < 1.29 is 52.3 Å². The Labute approximate surface area is 232 Å². The largest absolute Gasteiger partial charge is 0.496 e. The van der Waals surface area contributed by atoms with E-state index in [1.165, 1.54) is 35.2 Å². The summed E-state index contributed by atoms with van der Waals surface area (Å²) in [6.45, 7) is 3.75. The molecule has 11 heteroatoms. The van der Waals surface area contributed by atoms with Gasteiger partial charge in [0.2, 0.25) is 0 Å². The molecule has 3 rings (SSSR count). The summed E-state index contributed by atoms with van der Waals surface area (Å²) in [4.78, 5) is 48.1. The van der Waals surface area contributed by atoms with Gasteiger partial charge < -0.3 is 33.2 Å². The summed E-state index contributed by atoms with van der Waals surface area (Å²) < 4.78 is 38.2. The molecular weight excluding hydrogens is 524 g/mol. The molecule has 2 aromatic rings. The SMILES string of the molecule is COCC(=O)O[C@@H]1[C@H](OC(C)=O)[C@H](C)O[C@H](c2ccc(Cc3ccc(C(=O)OC)cc3)cc2OC)[C@H]1OC(C)=O. The molecular formula is C29H34O11. The fraction of sp³-hybridized carbons (Fsp3) is 0.448. The summed E-state index contributed by atoms with van der Waals surface area (Å²) in [5, 5.41) is 0. The number of esters is 4. The standard InChI is InChI=1S/C29H34O11/c1-16-25(38-17(2)30)27(40-24(32)15-34-4)28(39-18(3)31)26(37-16)22-12-9-20(14-23(22)35-5)13-19-7-10-21(11-8-19)29(33)36-6/h7-12,14,16,25-28H,13,15H2,1-6H3/t16-,25+,26+,27+,28+/m0/s1. The molecule has 1 saturated heterocycles. The molecule has 1 heterocycles. The highest BCUT2D eigenvalue weighted by Gasteiger charge is 2.51. The van der Waals surface area contributed by atoms with E-state index in [9.17, 15) is 19.2 Å². The zero-order valence-corrected chi connectivity index (χ0v) is 23.3. The minimum atomic E-state index is -1.18. The van der Waals surface area contributed by atoms with E-state index in [0.717, 1.165) is 11.1 Å². The van der Waals surface area contributed by atoms with Gasteiger partial charge in [0.15, 0.2) is 18.3 Å². The van der Waals surface area contributed by atoms with Crippen LogP contribution in [0.2, 0.25) is 0 Å². The quantitative estimate of drug-likeness (QED) is 0.315. The molecule has 216 valence electrons. The highest BCUT2D eigenvalue weighted by molar-refractivity contribution is 5.89. The molecule has 0 N–H and O–H groups in total. The zero-order chi connectivity index (χ0) is 29.4. The Morgan fingerprint density at radius 2 is 1.43 bits per heavy atom. The minimum Gasteiger partial charge on any atom is -0.496 e. The Morgan fingerprint density at radius 3 is 2.00 bits per heavy atom. The molecule has 0 aromatic heterocycles. The molecule has 5 atom stereocenters. The molecule has 0 amide bonds. The van der Waals surface area contributed by atoms with Crippen LogP contribution in [0.3, 0.4) is 0 Å². The molecule has 1 aliphatic heterocycles. The van der Waals surface area contributed by atoms with Crippen LogP contribution in [0.25, 0.3) is 0 Å². The molecule has 2 aromatic carbocycles. The monoisotopic (exact) mass is 558 g/mol. The first-order valence-corrected chi connectivity index (χ1v) is 12.6. The third-order valence-corrected chi connectivity index (χ3v) is 6.29. The highest BCUT2D eigenvalue weighted by atomic mass is 16.7. The first-order valence-electron chi connectivity index (χ1n) is 12.6. The Balaban J connectivity index is 1.96. The third-order valence-electron chi connectivity index (χ3n) is 6.29. The lowest BCUT2D eigenvalue weighted by Gasteiger charge is -2.44. The van der Waals surface area contributed by atoms with Crippen LogP contribution in [0.1, 0.15) is 53.9 Å². The normalized spacial score (nSPS) is 22.1. The van der Waals surface area contributed by atoms with Crippen molar-refractivity contribution in [2.45, 2.75) is 57.7 Å². The molecule has 0 spiro atoms. The van der Waals surface area contributed by atoms with Gasteiger partial charge in [-0.3, -0.25) is 9.59 Å². The molecule has 1 fully saturated rings. The van der Waals surface area contributed by atoms with E-state index in [0.29, 0.717) is 23.3 Å². The molecule has 0 unspecified atom stereocenters. The van der Waals surface area contributed by atoms with Crippen LogP contribution in [0.15, 0.2) is 42.5 Å². The summed E-state index contributed by atoms with van der Waals surface area (Å²) in [7, 11) is 4.16. The van der Waals surface area contributed by atoms with Crippen molar-refractivity contribution in [3.05, 3.63) is 64.7 Å². The summed E-state index contributed by atoms with van der Waals surface area (Å²) in [6.07, 6.45) is -4.50. The van der Waals surface area contributed by atoms with E-state index in [4.69, 9.17) is 33.2 Å². The van der Waals surface area contributed by atoms with E-state index in [-0.39, 0.29) is 6.61 Å². The number of rotatable bonds is 10. The number of carbonyl (C=O) groups excluding carboxylic acids is 4. The second-order valence-electron chi connectivity index (χ2n) is 9.24. The van der Waals surface area contributed by atoms with Crippen molar-refractivity contribution in [2.24, 2.45) is 0 Å². The number of hydrogen-bond donors (Lipinski definition) is 0. The van der Waals surface area contributed by atoms with Crippen LogP contribution in [0, 0.1) is 0 Å². The van der Waals surface area contributed by atoms with Crippen molar-refractivity contribution in [3.8, 4) is 5.75 Å². The lowest BCUT2D eigenvalue weighted by molar-refractivity contribution is -0.247. The second kappa shape index (κ2) is 13.9. The Morgan fingerprint density at radius 1 is 0.800 bits per heavy atom. The molecule has 0 bridgehead atoms. The first kappa shape index (κ1) is 30.6. The van der Waals surface area contributed by atoms with Crippen LogP contribution < -0.4 is 4.74 Å². The van der Waals surface area contributed by atoms with Crippen molar-refractivity contribution in [2.75, 3.05) is 27.9 Å². The topological polar surface area (TPSA) is 133 Å². The average Bonchev–Trinajstić information content (AvgIpc) is 2.91. The maximum Gasteiger partial charge on any atom is 0.337 e. The molecule has 11 nitrogen and oxygen atoms in total. The number of benzene rings is 2. The third kappa shape index (κ3) is 7.57. The van der Waals surface area contributed by atoms with Gasteiger partial charge >= 0.3 is 23.9 Å². The predicted molar refractivity (Wildman–Crippen MR) is 140 cm³/mol. The van der Waals surface area contributed by atoms with Gasteiger partial charge in [0.05, 0.1) is 25.9 Å². The Kier molecular flexibility index (Phi) is 10.6. The van der Waals surface area contributed by atoms with Crippen LogP contribution in [-0.4, -0.2) is 76.2 Å². The first-order chi connectivity index (χ1) is 19.1. The molecule has 0 aliphatic carbocycles. The van der Waals surface area contributed by atoms with Gasteiger partial charge in [0, 0.05) is 26.5 Å². The molecule has 0 radical (unpaired) electrons. The zero-order valence-electron chi connectivity index (χ0n) is 23.3. The van der Waals surface area contributed by atoms with E-state index in [2.05, 4.69) is 0 Å². The molecule has 0 saturated carbocycles. The van der Waals surface area contributed by atoms with Gasteiger partial charge in [-0.1, -0.05) is 24.3 Å². The van der Waals surface area contributed by atoms with E-state index < -0.39 is 54.4 Å². The number of ether oxygens (including phenoxy) is 7. The highest BCUT2D eigenvalue weighted by Crippen LogP contribution is 2.41. The predicted octanol–water partition coefficient (Wildman–Crippen LogP) is 2.95. The molecule has 1 aliphatic rings. The van der Waals surface area contributed by atoms with Gasteiger partial charge in [0.25, 0.3) is 0 Å². The van der Waals surface area contributed by atoms with Crippen LogP contribution in [0.5, 0.6) is 5.75 Å². The summed E-state index contributed by atoms with van der Waals surface area (Å²) in [6, 6.07) is 12.5. The summed E-state index contributed by atoms with van der Waals surface area (Å²) in [5.41, 5.74) is 2.85. The van der Waals surface area contributed by atoms with Crippen LogP contribution in [-0.2, 0) is 49.2 Å². The van der Waals surface area contributed by atoms with Gasteiger partial charge in [-0.05, 0) is 42.7 Å². The van der Waals surface area contributed by atoms with Crippen molar-refractivity contribution >= 4 is 23.9 Å². The summed E-state index contributed by atoms with van der Waals surface area (Å²) >= 11 is 0. The Bertz CT molecular complexity index is 1210. The van der Waals surface area contributed by atoms with Crippen molar-refractivity contribution in [1.29, 1.82) is 0 Å². The number of methoxy groups -OCH3 is 3. The van der Waals surface area contributed by atoms with Crippen molar-refractivity contribution in [1.82, 2.24) is 0 Å². The maximum absolute atomic E-state index is 12.4. The van der Waals surface area contributed by atoms with Crippen molar-refractivity contribution in [3.63, 3.8) is 0 Å². The second-order valence-corrected chi connectivity index (χ2v) is 9.24. The number of hydrogen-bond acceptors (Lipinski definition) is 11.